The largest absolute Gasteiger partial charge is 0.387 e. The summed E-state index contributed by atoms with van der Waals surface area (Å²) in [5.41, 5.74) is 2.60. The van der Waals surface area contributed by atoms with E-state index in [2.05, 4.69) is 25.6 Å². The molecule has 4 atom stereocenters. The van der Waals surface area contributed by atoms with Crippen molar-refractivity contribution in [3.8, 4) is 11.4 Å². The van der Waals surface area contributed by atoms with Crippen LogP contribution < -0.4 is 10.6 Å². The summed E-state index contributed by atoms with van der Waals surface area (Å²) in [6.45, 7) is 0.500. The van der Waals surface area contributed by atoms with Crippen molar-refractivity contribution in [2.75, 3.05) is 12.4 Å². The van der Waals surface area contributed by atoms with Crippen molar-refractivity contribution in [2.24, 2.45) is 0 Å². The number of hydrogen-bond donors (Lipinski definition) is 4. The number of aliphatic hydroxyl groups excluding tert-OH is 2. The van der Waals surface area contributed by atoms with Crippen LogP contribution in [0.4, 0.5) is 5.82 Å². The molecule has 0 radical (unpaired) electrons. The number of carbonyl (C=O) groups is 1. The van der Waals surface area contributed by atoms with Crippen LogP contribution in [0.15, 0.2) is 60.9 Å². The molecule has 35 heavy (non-hydrogen) atoms. The van der Waals surface area contributed by atoms with Gasteiger partial charge < -0.3 is 25.6 Å². The molecule has 2 aromatic carbocycles. The Balaban J connectivity index is 1.58. The molecule has 4 N–H and O–H groups in total. The topological polar surface area (TPSA) is 134 Å². The molecule has 0 spiro atoms. The van der Waals surface area contributed by atoms with Crippen LogP contribution in [0.5, 0.6) is 0 Å². The highest BCUT2D eigenvalue weighted by Gasteiger charge is 2.47. The van der Waals surface area contributed by atoms with Gasteiger partial charge in [0.05, 0.1) is 6.33 Å². The lowest BCUT2D eigenvalue weighted by Gasteiger charge is -2.17. The van der Waals surface area contributed by atoms with Crippen LogP contribution in [-0.4, -0.2) is 61.0 Å². The SMILES string of the molecule is CNC(=O)C1OC(n2cnc3c(NCc4ccccc4)nc(-c4ccc(Cl)cc4)nc32)C(O)C1O. The summed E-state index contributed by atoms with van der Waals surface area (Å²) in [6.07, 6.45) is -3.64. The van der Waals surface area contributed by atoms with E-state index in [1.165, 1.54) is 17.9 Å². The van der Waals surface area contributed by atoms with Crippen LogP contribution in [0.3, 0.4) is 0 Å². The summed E-state index contributed by atoms with van der Waals surface area (Å²) < 4.78 is 7.24. The van der Waals surface area contributed by atoms with Crippen molar-refractivity contribution < 1.29 is 19.7 Å². The van der Waals surface area contributed by atoms with E-state index in [4.69, 9.17) is 16.3 Å². The zero-order valence-corrected chi connectivity index (χ0v) is 19.4. The number of carbonyl (C=O) groups excluding carboxylic acids is 1. The number of benzene rings is 2. The molecule has 1 amide bonds. The zero-order valence-electron chi connectivity index (χ0n) is 18.7. The number of nitrogens with zero attached hydrogens (tertiary/aromatic N) is 4. The minimum Gasteiger partial charge on any atom is -0.387 e. The second-order valence-electron chi connectivity index (χ2n) is 8.11. The molecule has 4 unspecified atom stereocenters. The van der Waals surface area contributed by atoms with E-state index in [-0.39, 0.29) is 0 Å². The summed E-state index contributed by atoms with van der Waals surface area (Å²) in [6, 6.07) is 16.9. The third-order valence-electron chi connectivity index (χ3n) is 5.84. The third kappa shape index (κ3) is 4.44. The highest BCUT2D eigenvalue weighted by atomic mass is 35.5. The van der Waals surface area contributed by atoms with E-state index in [1.807, 2.05) is 30.3 Å². The Morgan fingerprint density at radius 3 is 2.54 bits per heavy atom. The van der Waals surface area contributed by atoms with Crippen molar-refractivity contribution >= 4 is 34.5 Å². The fourth-order valence-corrected chi connectivity index (χ4v) is 4.11. The Labute approximate surface area is 205 Å². The monoisotopic (exact) mass is 494 g/mol. The summed E-state index contributed by atoms with van der Waals surface area (Å²) in [7, 11) is 1.43. The smallest absolute Gasteiger partial charge is 0.251 e. The number of halogens is 1. The number of fused-ring (bicyclic) bond motifs is 1. The molecule has 1 saturated heterocycles. The van der Waals surface area contributed by atoms with Gasteiger partial charge in [0.1, 0.15) is 12.2 Å². The van der Waals surface area contributed by atoms with Gasteiger partial charge in [-0.15, -0.1) is 0 Å². The van der Waals surface area contributed by atoms with E-state index >= 15 is 0 Å². The van der Waals surface area contributed by atoms with Crippen LogP contribution in [0, 0.1) is 0 Å². The van der Waals surface area contributed by atoms with Gasteiger partial charge in [0.2, 0.25) is 0 Å². The maximum Gasteiger partial charge on any atom is 0.251 e. The van der Waals surface area contributed by atoms with Gasteiger partial charge in [-0.3, -0.25) is 9.36 Å². The number of anilines is 1. The Morgan fingerprint density at radius 1 is 1.09 bits per heavy atom. The van der Waals surface area contributed by atoms with Crippen LogP contribution in [0.1, 0.15) is 11.8 Å². The van der Waals surface area contributed by atoms with Crippen molar-refractivity contribution in [1.82, 2.24) is 24.8 Å². The van der Waals surface area contributed by atoms with Gasteiger partial charge in [0.25, 0.3) is 5.91 Å². The van der Waals surface area contributed by atoms with Crippen molar-refractivity contribution in [3.63, 3.8) is 0 Å². The predicted octanol–water partition coefficient (Wildman–Crippen LogP) is 2.12. The van der Waals surface area contributed by atoms with Crippen LogP contribution >= 0.6 is 11.6 Å². The maximum atomic E-state index is 12.1. The van der Waals surface area contributed by atoms with Gasteiger partial charge in [-0.05, 0) is 29.8 Å². The minimum absolute atomic E-state index is 0.370. The van der Waals surface area contributed by atoms with Crippen molar-refractivity contribution in [1.29, 1.82) is 0 Å². The molecular formula is C24H23ClN6O4. The average Bonchev–Trinajstić information content (AvgIpc) is 3.44. The molecular weight excluding hydrogens is 472 g/mol. The number of nitrogens with one attached hydrogen (secondary N) is 2. The Morgan fingerprint density at radius 2 is 1.83 bits per heavy atom. The van der Waals surface area contributed by atoms with Gasteiger partial charge in [0, 0.05) is 24.2 Å². The number of aromatic nitrogens is 4. The fraction of sp³-hybridized carbons (Fsp3) is 0.250. The molecule has 4 aromatic rings. The average molecular weight is 495 g/mol. The van der Waals surface area contributed by atoms with E-state index in [1.54, 1.807) is 24.3 Å². The molecule has 0 aliphatic carbocycles. The lowest BCUT2D eigenvalue weighted by atomic mass is 10.1. The lowest BCUT2D eigenvalue weighted by Crippen LogP contribution is -2.41. The molecule has 5 rings (SSSR count). The standard InChI is InChI=1S/C24H23ClN6O4/c1-26-23(34)19-17(32)18(33)24(35-19)31-12-28-16-21(27-11-13-5-3-2-4-6-13)29-20(30-22(16)31)14-7-9-15(25)10-8-14/h2-10,12,17-19,24,32-33H,11H2,1H3,(H,26,34)(H,27,29,30). The number of imidazole rings is 1. The Hall–Kier alpha value is -3.57. The first-order valence-electron chi connectivity index (χ1n) is 11.0. The molecule has 1 aliphatic heterocycles. The Bertz CT molecular complexity index is 1350. The van der Waals surface area contributed by atoms with E-state index in [0.717, 1.165) is 11.1 Å². The molecule has 2 aromatic heterocycles. The first-order valence-corrected chi connectivity index (χ1v) is 11.4. The first-order chi connectivity index (χ1) is 17.0. The summed E-state index contributed by atoms with van der Waals surface area (Å²) in [5.74, 6) is 0.353. The number of aliphatic hydroxyl groups is 2. The molecule has 3 heterocycles. The zero-order chi connectivity index (χ0) is 24.5. The molecule has 1 aliphatic rings. The van der Waals surface area contributed by atoms with Gasteiger partial charge in [-0.2, -0.15) is 0 Å². The van der Waals surface area contributed by atoms with Crippen molar-refractivity contribution in [3.05, 3.63) is 71.5 Å². The van der Waals surface area contributed by atoms with E-state index in [0.29, 0.717) is 34.4 Å². The second-order valence-corrected chi connectivity index (χ2v) is 8.55. The quantitative estimate of drug-likeness (QED) is 0.320. The summed E-state index contributed by atoms with van der Waals surface area (Å²) in [5, 5.41) is 27.4. The molecule has 10 nitrogen and oxygen atoms in total. The molecule has 1 fully saturated rings. The summed E-state index contributed by atoms with van der Waals surface area (Å²) in [4.78, 5) is 25.9. The van der Waals surface area contributed by atoms with E-state index < -0.39 is 30.4 Å². The first kappa shape index (κ1) is 23.2. The highest BCUT2D eigenvalue weighted by molar-refractivity contribution is 6.30. The number of likely N-dealkylation sites (N-methyl/N-ethyl adjacent to an activating group) is 1. The van der Waals surface area contributed by atoms with Crippen LogP contribution in [-0.2, 0) is 16.1 Å². The maximum absolute atomic E-state index is 12.1. The van der Waals surface area contributed by atoms with Crippen LogP contribution in [0.25, 0.3) is 22.6 Å². The molecule has 0 bridgehead atoms. The molecule has 0 saturated carbocycles. The predicted molar refractivity (Wildman–Crippen MR) is 130 cm³/mol. The van der Waals surface area contributed by atoms with Crippen LogP contribution in [0.2, 0.25) is 5.02 Å². The van der Waals surface area contributed by atoms with Gasteiger partial charge >= 0.3 is 0 Å². The molecule has 180 valence electrons. The molecule has 11 heteroatoms. The number of ether oxygens (including phenoxy) is 1. The van der Waals surface area contributed by atoms with Gasteiger partial charge in [-0.25, -0.2) is 15.0 Å². The van der Waals surface area contributed by atoms with Gasteiger partial charge in [-0.1, -0.05) is 41.9 Å². The normalized spacial score (nSPS) is 21.8. The number of amides is 1. The van der Waals surface area contributed by atoms with E-state index in [9.17, 15) is 15.0 Å². The van der Waals surface area contributed by atoms with Crippen molar-refractivity contribution in [2.45, 2.75) is 31.1 Å². The summed E-state index contributed by atoms with van der Waals surface area (Å²) >= 11 is 6.05. The fourth-order valence-electron chi connectivity index (χ4n) is 3.98. The third-order valence-corrected chi connectivity index (χ3v) is 6.10. The lowest BCUT2D eigenvalue weighted by molar-refractivity contribution is -0.137. The minimum atomic E-state index is -1.41. The highest BCUT2D eigenvalue weighted by Crippen LogP contribution is 2.33. The Kier molecular flexibility index (Phi) is 6.35. The second kappa shape index (κ2) is 9.59. The number of hydrogen-bond acceptors (Lipinski definition) is 8. The van der Waals surface area contributed by atoms with Gasteiger partial charge in [0.15, 0.2) is 35.1 Å². The number of rotatable bonds is 6.